The summed E-state index contributed by atoms with van der Waals surface area (Å²) in [5, 5.41) is 0.763. The van der Waals surface area contributed by atoms with Gasteiger partial charge in [-0.1, -0.05) is 33.6 Å². The molecule has 0 bridgehead atoms. The zero-order chi connectivity index (χ0) is 9.30. The summed E-state index contributed by atoms with van der Waals surface area (Å²) in [6, 6.07) is 3.91. The van der Waals surface area contributed by atoms with Crippen molar-refractivity contribution in [2.45, 2.75) is 19.9 Å². The summed E-state index contributed by atoms with van der Waals surface area (Å²) in [7, 11) is 0. The van der Waals surface area contributed by atoms with Crippen LogP contribution in [-0.2, 0) is 0 Å². The van der Waals surface area contributed by atoms with Crippen molar-refractivity contribution in [2.75, 3.05) is 0 Å². The Morgan fingerprint density at radius 2 is 2.08 bits per heavy atom. The highest BCUT2D eigenvalue weighted by molar-refractivity contribution is 9.10. The molecule has 0 radical (unpaired) electrons. The highest BCUT2D eigenvalue weighted by atomic mass is 79.9. The second-order valence-electron chi connectivity index (χ2n) is 2.86. The molecular weight excluding hydrogens is 237 g/mol. The molecule has 0 fully saturated rings. The fraction of sp³-hybridized carbons (Fsp3) is 0.333. The third-order valence-corrected chi connectivity index (χ3v) is 3.20. The van der Waals surface area contributed by atoms with Gasteiger partial charge in [-0.15, -0.1) is 0 Å². The van der Waals surface area contributed by atoms with Gasteiger partial charge in [0.15, 0.2) is 0 Å². The zero-order valence-corrected chi connectivity index (χ0v) is 9.41. The van der Waals surface area contributed by atoms with Crippen LogP contribution in [0.4, 0.5) is 0 Å². The Kier molecular flexibility index (Phi) is 3.16. The van der Waals surface area contributed by atoms with Gasteiger partial charge in [0.1, 0.15) is 0 Å². The molecule has 0 saturated heterocycles. The second kappa shape index (κ2) is 3.77. The molecule has 1 aromatic carbocycles. The predicted octanol–water partition coefficient (Wildman–Crippen LogP) is 3.43. The van der Waals surface area contributed by atoms with Crippen LogP contribution < -0.4 is 5.73 Å². The van der Waals surface area contributed by atoms with Crippen molar-refractivity contribution < 1.29 is 0 Å². The molecule has 1 atom stereocenters. The van der Waals surface area contributed by atoms with E-state index in [1.54, 1.807) is 0 Å². The number of benzene rings is 1. The molecule has 12 heavy (non-hydrogen) atoms. The topological polar surface area (TPSA) is 26.0 Å². The van der Waals surface area contributed by atoms with Gasteiger partial charge in [0.05, 0.1) is 0 Å². The predicted molar refractivity (Wildman–Crippen MR) is 56.5 cm³/mol. The number of hydrogen-bond acceptors (Lipinski definition) is 1. The maximum atomic E-state index is 6.08. The van der Waals surface area contributed by atoms with E-state index in [1.165, 1.54) is 0 Å². The van der Waals surface area contributed by atoms with Crippen molar-refractivity contribution in [3.63, 3.8) is 0 Å². The Bertz CT molecular complexity index is 297. The highest BCUT2D eigenvalue weighted by Crippen LogP contribution is 2.30. The van der Waals surface area contributed by atoms with Gasteiger partial charge in [0.2, 0.25) is 0 Å². The second-order valence-corrected chi connectivity index (χ2v) is 4.10. The third kappa shape index (κ3) is 1.82. The van der Waals surface area contributed by atoms with Crippen molar-refractivity contribution >= 4 is 27.5 Å². The Hall–Kier alpha value is -0.0500. The van der Waals surface area contributed by atoms with E-state index in [-0.39, 0.29) is 6.04 Å². The Labute approximate surface area is 86.0 Å². The Morgan fingerprint density at radius 3 is 2.58 bits per heavy atom. The van der Waals surface area contributed by atoms with Gasteiger partial charge in [-0.25, -0.2) is 0 Å². The third-order valence-electron chi connectivity index (χ3n) is 1.84. The Morgan fingerprint density at radius 1 is 1.50 bits per heavy atom. The number of nitrogens with two attached hydrogens (primary N) is 1. The maximum absolute atomic E-state index is 6.08. The summed E-state index contributed by atoms with van der Waals surface area (Å²) >= 11 is 9.49. The van der Waals surface area contributed by atoms with E-state index in [0.29, 0.717) is 0 Å². The van der Waals surface area contributed by atoms with Crippen molar-refractivity contribution in [3.8, 4) is 0 Å². The van der Waals surface area contributed by atoms with Crippen LogP contribution in [0.25, 0.3) is 0 Å². The summed E-state index contributed by atoms with van der Waals surface area (Å²) in [6.07, 6.45) is 0. The van der Waals surface area contributed by atoms with Gasteiger partial charge in [0.25, 0.3) is 0 Å². The molecule has 0 saturated carbocycles. The van der Waals surface area contributed by atoms with Gasteiger partial charge >= 0.3 is 0 Å². The van der Waals surface area contributed by atoms with Crippen molar-refractivity contribution in [2.24, 2.45) is 5.73 Å². The number of hydrogen-bond donors (Lipinski definition) is 1. The van der Waals surface area contributed by atoms with E-state index in [0.717, 1.165) is 20.6 Å². The SMILES string of the molecule is Cc1c(Br)ccc([C@@H](C)N)c1Cl. The smallest absolute Gasteiger partial charge is 0.0494 e. The van der Waals surface area contributed by atoms with Crippen LogP contribution in [0.5, 0.6) is 0 Å². The fourth-order valence-corrected chi connectivity index (χ4v) is 1.82. The molecule has 0 aliphatic heterocycles. The lowest BCUT2D eigenvalue weighted by molar-refractivity contribution is 0.817. The monoisotopic (exact) mass is 247 g/mol. The standard InChI is InChI=1S/C9H11BrClN/c1-5-8(10)4-3-7(6(2)12)9(5)11/h3-4,6H,12H2,1-2H3/t6-/m1/s1. The van der Waals surface area contributed by atoms with E-state index in [4.69, 9.17) is 17.3 Å². The minimum Gasteiger partial charge on any atom is -0.324 e. The quantitative estimate of drug-likeness (QED) is 0.810. The summed E-state index contributed by atoms with van der Waals surface area (Å²) in [5.41, 5.74) is 7.78. The summed E-state index contributed by atoms with van der Waals surface area (Å²) < 4.78 is 1.02. The van der Waals surface area contributed by atoms with E-state index in [1.807, 2.05) is 26.0 Å². The molecule has 1 nitrogen and oxygen atoms in total. The molecule has 0 aliphatic rings. The van der Waals surface area contributed by atoms with Crippen molar-refractivity contribution in [3.05, 3.63) is 32.8 Å². The molecule has 0 heterocycles. The number of rotatable bonds is 1. The van der Waals surface area contributed by atoms with E-state index >= 15 is 0 Å². The van der Waals surface area contributed by atoms with Crippen molar-refractivity contribution in [1.82, 2.24) is 0 Å². The molecule has 0 amide bonds. The average molecular weight is 249 g/mol. The molecule has 0 aliphatic carbocycles. The van der Waals surface area contributed by atoms with E-state index < -0.39 is 0 Å². The summed E-state index contributed by atoms with van der Waals surface area (Å²) in [5.74, 6) is 0. The van der Waals surface area contributed by atoms with Gasteiger partial charge in [-0.2, -0.15) is 0 Å². The van der Waals surface area contributed by atoms with E-state index in [9.17, 15) is 0 Å². The van der Waals surface area contributed by atoms with Crippen LogP contribution in [0.15, 0.2) is 16.6 Å². The summed E-state index contributed by atoms with van der Waals surface area (Å²) in [6.45, 7) is 3.90. The van der Waals surface area contributed by atoms with Gasteiger partial charge in [0, 0.05) is 15.5 Å². The average Bonchev–Trinajstić information content (AvgIpc) is 2.00. The lowest BCUT2D eigenvalue weighted by atomic mass is 10.1. The molecular formula is C9H11BrClN. The summed E-state index contributed by atoms with van der Waals surface area (Å²) in [4.78, 5) is 0. The largest absolute Gasteiger partial charge is 0.324 e. The van der Waals surface area contributed by atoms with Crippen LogP contribution in [0, 0.1) is 6.92 Å². The van der Waals surface area contributed by atoms with Gasteiger partial charge in [-0.05, 0) is 31.0 Å². The molecule has 66 valence electrons. The molecule has 3 heteroatoms. The molecule has 0 aromatic heterocycles. The van der Waals surface area contributed by atoms with E-state index in [2.05, 4.69) is 15.9 Å². The lowest BCUT2D eigenvalue weighted by Gasteiger charge is -2.11. The van der Waals surface area contributed by atoms with Gasteiger partial charge in [-0.3, -0.25) is 0 Å². The molecule has 2 N–H and O–H groups in total. The molecule has 0 spiro atoms. The van der Waals surface area contributed by atoms with Crippen LogP contribution in [0.1, 0.15) is 24.1 Å². The van der Waals surface area contributed by atoms with Crippen LogP contribution in [-0.4, -0.2) is 0 Å². The first-order valence-electron chi connectivity index (χ1n) is 3.74. The highest BCUT2D eigenvalue weighted by Gasteiger charge is 2.08. The van der Waals surface area contributed by atoms with Crippen molar-refractivity contribution in [1.29, 1.82) is 0 Å². The first kappa shape index (κ1) is 10.0. The molecule has 1 rings (SSSR count). The first-order valence-corrected chi connectivity index (χ1v) is 4.91. The van der Waals surface area contributed by atoms with Crippen LogP contribution in [0.2, 0.25) is 5.02 Å². The van der Waals surface area contributed by atoms with Gasteiger partial charge < -0.3 is 5.73 Å². The number of halogens is 2. The molecule has 0 unspecified atom stereocenters. The minimum absolute atomic E-state index is 0.00991. The molecule has 1 aromatic rings. The normalized spacial score (nSPS) is 13.1. The zero-order valence-electron chi connectivity index (χ0n) is 7.07. The Balaban J connectivity index is 3.27. The lowest BCUT2D eigenvalue weighted by Crippen LogP contribution is -2.06. The minimum atomic E-state index is -0.00991. The first-order chi connectivity index (χ1) is 5.54. The van der Waals surface area contributed by atoms with Crippen LogP contribution in [0.3, 0.4) is 0 Å². The maximum Gasteiger partial charge on any atom is 0.0494 e. The van der Waals surface area contributed by atoms with Crippen LogP contribution >= 0.6 is 27.5 Å². The fourth-order valence-electron chi connectivity index (χ4n) is 1.03.